The minimum Gasteiger partial charge on any atom is -0.475 e. The summed E-state index contributed by atoms with van der Waals surface area (Å²) < 4.78 is 5.35. The number of thiazole rings is 1. The number of hydrogen-bond donors (Lipinski definition) is 1. The van der Waals surface area contributed by atoms with Crippen LogP contribution < -0.4 is 10.5 Å². The van der Waals surface area contributed by atoms with Gasteiger partial charge in [-0.2, -0.15) is 4.98 Å². The third-order valence-electron chi connectivity index (χ3n) is 1.63. The first-order chi connectivity index (χ1) is 6.81. The summed E-state index contributed by atoms with van der Waals surface area (Å²) in [5, 5.41) is 0.957. The molecule has 0 aromatic carbocycles. The van der Waals surface area contributed by atoms with E-state index in [0.717, 1.165) is 15.4 Å². The molecular weight excluding hydrogens is 200 g/mol. The van der Waals surface area contributed by atoms with E-state index in [1.807, 2.05) is 6.92 Å². The molecule has 0 aliphatic heterocycles. The molecule has 2 aromatic heterocycles. The van der Waals surface area contributed by atoms with E-state index in [2.05, 4.69) is 15.0 Å². The van der Waals surface area contributed by atoms with E-state index in [1.54, 1.807) is 0 Å². The van der Waals surface area contributed by atoms with Gasteiger partial charge in [-0.15, -0.1) is 0 Å². The predicted molar refractivity (Wildman–Crippen MR) is 54.5 cm³/mol. The Morgan fingerprint density at radius 1 is 1.50 bits per heavy atom. The summed E-state index contributed by atoms with van der Waals surface area (Å²) in [6.07, 6.45) is 1.48. The van der Waals surface area contributed by atoms with Gasteiger partial charge in [0, 0.05) is 6.54 Å². The van der Waals surface area contributed by atoms with E-state index in [-0.39, 0.29) is 0 Å². The van der Waals surface area contributed by atoms with E-state index < -0.39 is 0 Å². The minimum absolute atomic E-state index is 0.447. The van der Waals surface area contributed by atoms with Crippen LogP contribution in [-0.2, 0) is 0 Å². The van der Waals surface area contributed by atoms with Crippen LogP contribution in [0.2, 0.25) is 0 Å². The molecule has 2 rings (SSSR count). The molecule has 0 saturated carbocycles. The number of nitrogens with two attached hydrogens (primary N) is 1. The van der Waals surface area contributed by atoms with E-state index in [9.17, 15) is 0 Å². The molecule has 74 valence electrons. The molecule has 0 radical (unpaired) electrons. The predicted octanol–water partition coefficient (Wildman–Crippen LogP) is 0.732. The molecule has 0 spiro atoms. The van der Waals surface area contributed by atoms with Gasteiger partial charge in [0.05, 0.1) is 5.01 Å². The van der Waals surface area contributed by atoms with Crippen molar-refractivity contribution in [3.63, 3.8) is 0 Å². The van der Waals surface area contributed by atoms with Gasteiger partial charge in [0.15, 0.2) is 10.3 Å². The molecule has 0 amide bonds. The van der Waals surface area contributed by atoms with Crippen molar-refractivity contribution >= 4 is 21.7 Å². The maximum atomic E-state index is 5.35. The Morgan fingerprint density at radius 2 is 2.36 bits per heavy atom. The number of aromatic nitrogens is 3. The Balaban J connectivity index is 2.42. The quantitative estimate of drug-likeness (QED) is 0.808. The second-order valence-corrected chi connectivity index (χ2v) is 3.88. The highest BCUT2D eigenvalue weighted by Crippen LogP contribution is 2.24. The molecule has 0 aliphatic rings. The summed E-state index contributed by atoms with van der Waals surface area (Å²) >= 11 is 1.53. The number of nitrogens with zero attached hydrogens (tertiary/aromatic N) is 3. The van der Waals surface area contributed by atoms with Gasteiger partial charge in [0.1, 0.15) is 12.9 Å². The molecule has 0 bridgehead atoms. The van der Waals surface area contributed by atoms with Gasteiger partial charge in [-0.1, -0.05) is 11.3 Å². The molecule has 2 N–H and O–H groups in total. The van der Waals surface area contributed by atoms with Crippen molar-refractivity contribution in [1.82, 2.24) is 15.0 Å². The van der Waals surface area contributed by atoms with Crippen LogP contribution in [-0.4, -0.2) is 28.1 Å². The fraction of sp³-hybridized carbons (Fsp3) is 0.375. The first kappa shape index (κ1) is 9.29. The van der Waals surface area contributed by atoms with Crippen LogP contribution in [0.1, 0.15) is 5.01 Å². The molecule has 5 nitrogen and oxygen atoms in total. The van der Waals surface area contributed by atoms with Gasteiger partial charge in [-0.3, -0.25) is 0 Å². The van der Waals surface area contributed by atoms with Crippen molar-refractivity contribution in [2.24, 2.45) is 5.73 Å². The molecule has 2 heterocycles. The fourth-order valence-electron chi connectivity index (χ4n) is 1.10. The third-order valence-corrected chi connectivity index (χ3v) is 2.50. The smallest absolute Gasteiger partial charge is 0.244 e. The molecule has 14 heavy (non-hydrogen) atoms. The Labute approximate surface area is 85.0 Å². The first-order valence-electron chi connectivity index (χ1n) is 4.22. The normalized spacial score (nSPS) is 10.7. The average molecular weight is 210 g/mol. The van der Waals surface area contributed by atoms with E-state index in [0.29, 0.717) is 19.0 Å². The number of ether oxygens (including phenoxy) is 1. The van der Waals surface area contributed by atoms with Crippen LogP contribution in [0.3, 0.4) is 0 Å². The molecular formula is C8H10N4OS. The molecule has 0 atom stereocenters. The Hall–Kier alpha value is -1.27. The van der Waals surface area contributed by atoms with E-state index in [1.165, 1.54) is 17.7 Å². The largest absolute Gasteiger partial charge is 0.475 e. The molecule has 0 saturated heterocycles. The molecule has 2 aromatic rings. The van der Waals surface area contributed by atoms with Gasteiger partial charge in [-0.05, 0) is 6.92 Å². The standard InChI is InChI=1S/C8H10N4OS/c1-5-12-6-7(13-3-2-9)10-4-11-8(6)14-5/h4H,2-3,9H2,1H3. The van der Waals surface area contributed by atoms with Gasteiger partial charge < -0.3 is 10.5 Å². The Morgan fingerprint density at radius 3 is 3.14 bits per heavy atom. The highest BCUT2D eigenvalue weighted by Gasteiger charge is 2.08. The summed E-state index contributed by atoms with van der Waals surface area (Å²) in [6.45, 7) is 2.84. The van der Waals surface area contributed by atoms with Crippen LogP contribution in [0.5, 0.6) is 5.88 Å². The van der Waals surface area contributed by atoms with Crippen molar-refractivity contribution in [2.45, 2.75) is 6.92 Å². The second-order valence-electron chi connectivity index (χ2n) is 2.70. The third kappa shape index (κ3) is 1.66. The average Bonchev–Trinajstić information content (AvgIpc) is 2.55. The fourth-order valence-corrected chi connectivity index (χ4v) is 1.85. The van der Waals surface area contributed by atoms with E-state index >= 15 is 0 Å². The summed E-state index contributed by atoms with van der Waals surface area (Å²) in [6, 6.07) is 0. The summed E-state index contributed by atoms with van der Waals surface area (Å²) in [4.78, 5) is 13.3. The topological polar surface area (TPSA) is 73.9 Å². The van der Waals surface area contributed by atoms with Gasteiger partial charge in [0.25, 0.3) is 0 Å². The van der Waals surface area contributed by atoms with Gasteiger partial charge in [-0.25, -0.2) is 9.97 Å². The maximum absolute atomic E-state index is 5.35. The summed E-state index contributed by atoms with van der Waals surface area (Å²) in [7, 11) is 0. The molecule has 0 aliphatic carbocycles. The van der Waals surface area contributed by atoms with Crippen molar-refractivity contribution in [1.29, 1.82) is 0 Å². The zero-order valence-electron chi connectivity index (χ0n) is 7.73. The van der Waals surface area contributed by atoms with Crippen molar-refractivity contribution < 1.29 is 4.74 Å². The van der Waals surface area contributed by atoms with Crippen molar-refractivity contribution in [2.75, 3.05) is 13.2 Å². The van der Waals surface area contributed by atoms with Crippen LogP contribution >= 0.6 is 11.3 Å². The summed E-state index contributed by atoms with van der Waals surface area (Å²) in [5.74, 6) is 0.518. The van der Waals surface area contributed by atoms with Crippen molar-refractivity contribution in [3.8, 4) is 5.88 Å². The zero-order valence-corrected chi connectivity index (χ0v) is 8.54. The second kappa shape index (κ2) is 3.85. The maximum Gasteiger partial charge on any atom is 0.244 e. The monoisotopic (exact) mass is 210 g/mol. The highest BCUT2D eigenvalue weighted by molar-refractivity contribution is 7.18. The van der Waals surface area contributed by atoms with E-state index in [4.69, 9.17) is 10.5 Å². The SMILES string of the molecule is Cc1nc2c(OCCN)ncnc2s1. The van der Waals surface area contributed by atoms with Crippen LogP contribution in [0, 0.1) is 6.92 Å². The van der Waals surface area contributed by atoms with Gasteiger partial charge in [0.2, 0.25) is 5.88 Å². The lowest BCUT2D eigenvalue weighted by molar-refractivity contribution is 0.319. The minimum atomic E-state index is 0.447. The Bertz CT molecular complexity index is 442. The van der Waals surface area contributed by atoms with Crippen LogP contribution in [0.15, 0.2) is 6.33 Å². The lowest BCUT2D eigenvalue weighted by Gasteiger charge is -2.01. The van der Waals surface area contributed by atoms with Crippen LogP contribution in [0.4, 0.5) is 0 Å². The number of aryl methyl sites for hydroxylation is 1. The zero-order chi connectivity index (χ0) is 9.97. The molecule has 0 fully saturated rings. The molecule has 6 heteroatoms. The number of fused-ring (bicyclic) bond motifs is 1. The van der Waals surface area contributed by atoms with Crippen molar-refractivity contribution in [3.05, 3.63) is 11.3 Å². The highest BCUT2D eigenvalue weighted by atomic mass is 32.1. The molecule has 0 unspecified atom stereocenters. The lowest BCUT2D eigenvalue weighted by Crippen LogP contribution is -2.11. The Kier molecular flexibility index (Phi) is 2.55. The lowest BCUT2D eigenvalue weighted by atomic mass is 10.5. The summed E-state index contributed by atoms with van der Waals surface area (Å²) in [5.41, 5.74) is 6.06. The first-order valence-corrected chi connectivity index (χ1v) is 5.04. The van der Waals surface area contributed by atoms with Gasteiger partial charge >= 0.3 is 0 Å². The van der Waals surface area contributed by atoms with Crippen LogP contribution in [0.25, 0.3) is 10.3 Å². The number of hydrogen-bond acceptors (Lipinski definition) is 6. The number of rotatable bonds is 3.